The Kier molecular flexibility index (Phi) is 7.54. The molecule has 2 rings (SSSR count). The molecule has 146 valence electrons. The van der Waals surface area contributed by atoms with Gasteiger partial charge in [-0.15, -0.1) is 0 Å². The van der Waals surface area contributed by atoms with Crippen molar-refractivity contribution in [2.24, 2.45) is 0 Å². The summed E-state index contributed by atoms with van der Waals surface area (Å²) in [4.78, 5) is 13.2. The third-order valence-electron chi connectivity index (χ3n) is 4.40. The Bertz CT molecular complexity index is 797. The Labute approximate surface area is 171 Å². The van der Waals surface area contributed by atoms with Gasteiger partial charge in [0.15, 0.2) is 0 Å². The van der Waals surface area contributed by atoms with Gasteiger partial charge in [-0.2, -0.15) is 0 Å². The van der Waals surface area contributed by atoms with Crippen molar-refractivity contribution in [3.63, 3.8) is 0 Å². The van der Waals surface area contributed by atoms with Crippen LogP contribution in [0.25, 0.3) is 0 Å². The van der Waals surface area contributed by atoms with E-state index < -0.39 is 0 Å². The first-order valence-corrected chi connectivity index (χ1v) is 9.64. The van der Waals surface area contributed by atoms with Crippen molar-refractivity contribution >= 4 is 29.1 Å². The predicted octanol–water partition coefficient (Wildman–Crippen LogP) is 4.59. The number of aromatic hydroxyl groups is 1. The summed E-state index contributed by atoms with van der Waals surface area (Å²) in [6.07, 6.45) is 0.588. The number of halogens is 2. The molecular formula is C21H26Cl2N2O2. The molecule has 1 amide bonds. The van der Waals surface area contributed by atoms with Gasteiger partial charge in [-0.05, 0) is 46.4 Å². The molecule has 2 aromatic rings. The fourth-order valence-corrected chi connectivity index (χ4v) is 3.44. The molecule has 0 atom stereocenters. The van der Waals surface area contributed by atoms with E-state index in [0.717, 1.165) is 22.3 Å². The van der Waals surface area contributed by atoms with Crippen molar-refractivity contribution in [3.05, 3.63) is 62.6 Å². The number of phenolic OH excluding ortho intramolecular Hbond substituents is 1. The average Bonchev–Trinajstić information content (AvgIpc) is 2.59. The second kappa shape index (κ2) is 9.45. The van der Waals surface area contributed by atoms with Crippen LogP contribution in [0.5, 0.6) is 5.75 Å². The van der Waals surface area contributed by atoms with Crippen LogP contribution in [0.3, 0.4) is 0 Å². The summed E-state index contributed by atoms with van der Waals surface area (Å²) in [5, 5.41) is 14.3. The first kappa shape index (κ1) is 21.5. The van der Waals surface area contributed by atoms with Gasteiger partial charge in [-0.3, -0.25) is 4.79 Å². The number of amides is 1. The summed E-state index contributed by atoms with van der Waals surface area (Å²) in [5.41, 5.74) is 3.73. The van der Waals surface area contributed by atoms with Crippen molar-refractivity contribution in [2.75, 3.05) is 20.6 Å². The van der Waals surface area contributed by atoms with Crippen LogP contribution >= 0.6 is 23.2 Å². The van der Waals surface area contributed by atoms with Crippen molar-refractivity contribution < 1.29 is 9.90 Å². The third kappa shape index (κ3) is 5.86. The first-order valence-electron chi connectivity index (χ1n) is 8.88. The molecule has 0 saturated heterocycles. The SMILES string of the molecule is CC(C)c1cc(Cc2c(Cl)cc(CNCC(=O)N(C)C)cc2Cl)ccc1O. The number of benzene rings is 2. The Morgan fingerprint density at radius 3 is 2.30 bits per heavy atom. The molecule has 0 unspecified atom stereocenters. The van der Waals surface area contributed by atoms with Crippen LogP contribution in [0.15, 0.2) is 30.3 Å². The highest BCUT2D eigenvalue weighted by molar-refractivity contribution is 6.36. The molecule has 0 aliphatic carbocycles. The molecule has 6 heteroatoms. The highest BCUT2D eigenvalue weighted by atomic mass is 35.5. The zero-order valence-electron chi connectivity index (χ0n) is 16.1. The predicted molar refractivity (Wildman–Crippen MR) is 112 cm³/mol. The zero-order valence-corrected chi connectivity index (χ0v) is 17.7. The monoisotopic (exact) mass is 408 g/mol. The molecule has 0 bridgehead atoms. The molecular weight excluding hydrogens is 383 g/mol. The molecule has 2 aromatic carbocycles. The second-order valence-electron chi connectivity index (χ2n) is 7.15. The van der Waals surface area contributed by atoms with Crippen molar-refractivity contribution in [1.82, 2.24) is 10.2 Å². The van der Waals surface area contributed by atoms with Gasteiger partial charge in [-0.1, -0.05) is 49.2 Å². The number of phenols is 1. The van der Waals surface area contributed by atoms with E-state index in [1.54, 1.807) is 25.1 Å². The number of hydrogen-bond donors (Lipinski definition) is 2. The molecule has 27 heavy (non-hydrogen) atoms. The summed E-state index contributed by atoms with van der Waals surface area (Å²) in [7, 11) is 3.45. The minimum absolute atomic E-state index is 0.0112. The van der Waals surface area contributed by atoms with Crippen LogP contribution < -0.4 is 5.32 Å². The number of likely N-dealkylation sites (N-methyl/N-ethyl adjacent to an activating group) is 1. The molecule has 0 aromatic heterocycles. The fourth-order valence-electron chi connectivity index (χ4n) is 2.78. The Morgan fingerprint density at radius 1 is 1.11 bits per heavy atom. The van der Waals surface area contributed by atoms with Crippen LogP contribution in [-0.4, -0.2) is 36.6 Å². The largest absolute Gasteiger partial charge is 0.508 e. The van der Waals surface area contributed by atoms with Gasteiger partial charge in [0.25, 0.3) is 0 Å². The van der Waals surface area contributed by atoms with Crippen LogP contribution in [0, 0.1) is 0 Å². The van der Waals surface area contributed by atoms with Crippen LogP contribution in [-0.2, 0) is 17.8 Å². The van der Waals surface area contributed by atoms with E-state index in [1.807, 2.05) is 38.1 Å². The zero-order chi connectivity index (χ0) is 20.1. The molecule has 0 fully saturated rings. The van der Waals surface area contributed by atoms with Crippen LogP contribution in [0.4, 0.5) is 0 Å². The minimum atomic E-state index is 0.0112. The Balaban J connectivity index is 2.13. The maximum Gasteiger partial charge on any atom is 0.236 e. The number of carbonyl (C=O) groups excluding carboxylic acids is 1. The highest BCUT2D eigenvalue weighted by Gasteiger charge is 2.12. The second-order valence-corrected chi connectivity index (χ2v) is 7.97. The lowest BCUT2D eigenvalue weighted by molar-refractivity contribution is -0.127. The van der Waals surface area contributed by atoms with Gasteiger partial charge in [0.1, 0.15) is 5.75 Å². The molecule has 2 N–H and O–H groups in total. The third-order valence-corrected chi connectivity index (χ3v) is 5.07. The number of rotatable bonds is 7. The van der Waals surface area contributed by atoms with Crippen LogP contribution in [0.1, 0.15) is 42.0 Å². The number of nitrogens with one attached hydrogen (secondary N) is 1. The molecule has 0 spiro atoms. The maximum atomic E-state index is 11.6. The van der Waals surface area contributed by atoms with Crippen molar-refractivity contribution in [1.29, 1.82) is 0 Å². The highest BCUT2D eigenvalue weighted by Crippen LogP contribution is 2.31. The number of hydrogen-bond acceptors (Lipinski definition) is 3. The van der Waals surface area contributed by atoms with Gasteiger partial charge in [0.2, 0.25) is 5.91 Å². The van der Waals surface area contributed by atoms with Gasteiger partial charge in [0, 0.05) is 37.1 Å². The lowest BCUT2D eigenvalue weighted by atomic mass is 9.96. The fraction of sp³-hybridized carbons (Fsp3) is 0.381. The molecule has 0 heterocycles. The van der Waals surface area contributed by atoms with Crippen molar-refractivity contribution in [2.45, 2.75) is 32.7 Å². The summed E-state index contributed by atoms with van der Waals surface area (Å²) < 4.78 is 0. The number of nitrogens with zero attached hydrogens (tertiary/aromatic N) is 1. The van der Waals surface area contributed by atoms with Gasteiger partial charge < -0.3 is 15.3 Å². The first-order chi connectivity index (χ1) is 12.7. The maximum absolute atomic E-state index is 11.6. The van der Waals surface area contributed by atoms with E-state index in [1.165, 1.54) is 0 Å². The average molecular weight is 409 g/mol. The van der Waals surface area contributed by atoms with Crippen LogP contribution in [0.2, 0.25) is 10.0 Å². The summed E-state index contributed by atoms with van der Waals surface area (Å²) in [5.74, 6) is 0.547. The lowest BCUT2D eigenvalue weighted by Gasteiger charge is -2.14. The smallest absolute Gasteiger partial charge is 0.236 e. The van der Waals surface area contributed by atoms with Gasteiger partial charge in [-0.25, -0.2) is 0 Å². The quantitative estimate of drug-likeness (QED) is 0.703. The minimum Gasteiger partial charge on any atom is -0.508 e. The van der Waals surface area contributed by atoms with E-state index in [-0.39, 0.29) is 18.4 Å². The summed E-state index contributed by atoms with van der Waals surface area (Å²) in [6, 6.07) is 9.34. The molecule has 0 aliphatic rings. The summed E-state index contributed by atoms with van der Waals surface area (Å²) in [6.45, 7) is 4.86. The molecule has 0 radical (unpaired) electrons. The normalized spacial score (nSPS) is 11.1. The van der Waals surface area contributed by atoms with Gasteiger partial charge >= 0.3 is 0 Å². The Morgan fingerprint density at radius 2 is 1.74 bits per heavy atom. The van der Waals surface area contributed by atoms with E-state index in [4.69, 9.17) is 23.2 Å². The van der Waals surface area contributed by atoms with E-state index in [2.05, 4.69) is 5.32 Å². The molecule has 4 nitrogen and oxygen atoms in total. The summed E-state index contributed by atoms with van der Waals surface area (Å²) >= 11 is 12.9. The van der Waals surface area contributed by atoms with E-state index in [0.29, 0.717) is 28.8 Å². The van der Waals surface area contributed by atoms with Crippen molar-refractivity contribution in [3.8, 4) is 5.75 Å². The lowest BCUT2D eigenvalue weighted by Crippen LogP contribution is -2.32. The van der Waals surface area contributed by atoms with Gasteiger partial charge in [0.05, 0.1) is 6.54 Å². The standard InChI is InChI=1S/C21H26Cl2N2O2/c1-13(2)16-7-14(5-6-20(16)26)8-17-18(22)9-15(10-19(17)23)11-24-12-21(27)25(3)4/h5-7,9-10,13,24,26H,8,11-12H2,1-4H3. The molecule has 0 saturated carbocycles. The Hall–Kier alpha value is -1.75. The van der Waals surface area contributed by atoms with E-state index in [9.17, 15) is 9.90 Å². The number of carbonyl (C=O) groups is 1. The topological polar surface area (TPSA) is 52.6 Å². The molecule has 0 aliphatic heterocycles. The van der Waals surface area contributed by atoms with E-state index >= 15 is 0 Å².